The molecule has 0 aromatic carbocycles. The first-order valence-corrected chi connectivity index (χ1v) is 8.68. The number of thioether (sulfide) groups is 1. The lowest BCUT2D eigenvalue weighted by atomic mass is 10.1. The van der Waals surface area contributed by atoms with Crippen molar-refractivity contribution in [1.82, 2.24) is 15.0 Å². The molecule has 0 bridgehead atoms. The summed E-state index contributed by atoms with van der Waals surface area (Å²) in [7, 11) is 0. The van der Waals surface area contributed by atoms with Crippen molar-refractivity contribution in [3.8, 4) is 0 Å². The molecular formula is C15H22N4O2S. The number of carbonyl (C=O) groups is 1. The number of aliphatic imine (C=N–C) groups is 1. The molecule has 1 amide bonds. The van der Waals surface area contributed by atoms with Crippen molar-refractivity contribution in [1.29, 1.82) is 0 Å². The zero-order valence-corrected chi connectivity index (χ0v) is 14.2. The van der Waals surface area contributed by atoms with E-state index in [1.807, 2.05) is 23.6 Å². The lowest BCUT2D eigenvalue weighted by molar-refractivity contribution is 0.0691. The molecule has 6 nitrogen and oxygen atoms in total. The van der Waals surface area contributed by atoms with Gasteiger partial charge in [-0.2, -0.15) is 0 Å². The minimum absolute atomic E-state index is 0.0460. The zero-order chi connectivity index (χ0) is 15.7. The zero-order valence-electron chi connectivity index (χ0n) is 13.3. The SMILES string of the molecule is CCc1noc(C)c1C(=O)N1CCN(C2=NCC(C)S2)CC1. The van der Waals surface area contributed by atoms with Gasteiger partial charge in [0.2, 0.25) is 0 Å². The lowest BCUT2D eigenvalue weighted by Gasteiger charge is -2.35. The van der Waals surface area contributed by atoms with Gasteiger partial charge in [-0.1, -0.05) is 30.8 Å². The smallest absolute Gasteiger partial charge is 0.259 e. The summed E-state index contributed by atoms with van der Waals surface area (Å²) in [5, 5.41) is 5.69. The van der Waals surface area contributed by atoms with Crippen LogP contribution in [0.15, 0.2) is 9.52 Å². The number of carbonyl (C=O) groups excluding carboxylic acids is 1. The summed E-state index contributed by atoms with van der Waals surface area (Å²) >= 11 is 1.84. The van der Waals surface area contributed by atoms with Gasteiger partial charge in [0.1, 0.15) is 11.3 Å². The van der Waals surface area contributed by atoms with Gasteiger partial charge in [-0.25, -0.2) is 0 Å². The summed E-state index contributed by atoms with van der Waals surface area (Å²) in [5.74, 6) is 0.665. The van der Waals surface area contributed by atoms with Crippen molar-refractivity contribution >= 4 is 22.8 Å². The van der Waals surface area contributed by atoms with E-state index in [2.05, 4.69) is 22.0 Å². The normalized spacial score (nSPS) is 22.1. The largest absolute Gasteiger partial charge is 0.361 e. The van der Waals surface area contributed by atoms with Gasteiger partial charge in [0, 0.05) is 31.4 Å². The molecule has 0 spiro atoms. The van der Waals surface area contributed by atoms with Gasteiger partial charge in [0.15, 0.2) is 5.17 Å². The predicted molar refractivity (Wildman–Crippen MR) is 87.4 cm³/mol. The number of piperazine rings is 1. The quantitative estimate of drug-likeness (QED) is 0.831. The Kier molecular flexibility index (Phi) is 4.42. The Morgan fingerprint density at radius 3 is 2.68 bits per heavy atom. The van der Waals surface area contributed by atoms with Crippen LogP contribution in [0.4, 0.5) is 0 Å². The molecule has 120 valence electrons. The third kappa shape index (κ3) is 2.86. The van der Waals surface area contributed by atoms with Crippen molar-refractivity contribution in [3.05, 3.63) is 17.0 Å². The molecule has 1 aromatic heterocycles. The molecule has 1 saturated heterocycles. The van der Waals surface area contributed by atoms with Gasteiger partial charge in [-0.05, 0) is 13.3 Å². The summed E-state index contributed by atoms with van der Waals surface area (Å²) in [6.07, 6.45) is 0.712. The van der Waals surface area contributed by atoms with Gasteiger partial charge >= 0.3 is 0 Å². The Balaban J connectivity index is 1.64. The van der Waals surface area contributed by atoms with Crippen molar-refractivity contribution in [2.75, 3.05) is 32.7 Å². The molecule has 1 atom stereocenters. The van der Waals surface area contributed by atoms with Crippen LogP contribution in [0.1, 0.15) is 35.7 Å². The number of hydrogen-bond acceptors (Lipinski definition) is 6. The highest BCUT2D eigenvalue weighted by atomic mass is 32.2. The molecular weight excluding hydrogens is 300 g/mol. The van der Waals surface area contributed by atoms with Crippen molar-refractivity contribution in [2.24, 2.45) is 4.99 Å². The first-order chi connectivity index (χ1) is 10.6. The van der Waals surface area contributed by atoms with Crippen LogP contribution < -0.4 is 0 Å². The van der Waals surface area contributed by atoms with E-state index in [4.69, 9.17) is 4.52 Å². The average molecular weight is 322 g/mol. The maximum atomic E-state index is 12.7. The fraction of sp³-hybridized carbons (Fsp3) is 0.667. The van der Waals surface area contributed by atoms with E-state index in [-0.39, 0.29) is 5.91 Å². The molecule has 2 aliphatic rings. The number of hydrogen-bond donors (Lipinski definition) is 0. The average Bonchev–Trinajstić information content (AvgIpc) is 3.12. The Hall–Kier alpha value is -1.50. The monoisotopic (exact) mass is 322 g/mol. The molecule has 2 aliphatic heterocycles. The van der Waals surface area contributed by atoms with E-state index in [1.165, 1.54) is 0 Å². The van der Waals surface area contributed by atoms with Crippen LogP contribution in [0, 0.1) is 6.92 Å². The van der Waals surface area contributed by atoms with Crippen LogP contribution in [-0.4, -0.2) is 64.0 Å². The molecule has 1 aromatic rings. The second kappa shape index (κ2) is 6.32. The van der Waals surface area contributed by atoms with E-state index >= 15 is 0 Å². The molecule has 1 unspecified atom stereocenters. The van der Waals surface area contributed by atoms with Gasteiger partial charge in [0.05, 0.1) is 12.2 Å². The van der Waals surface area contributed by atoms with E-state index in [0.717, 1.165) is 43.6 Å². The summed E-state index contributed by atoms with van der Waals surface area (Å²) in [5.41, 5.74) is 1.41. The molecule has 0 radical (unpaired) electrons. The van der Waals surface area contributed by atoms with Crippen molar-refractivity contribution < 1.29 is 9.32 Å². The fourth-order valence-electron chi connectivity index (χ4n) is 2.83. The minimum atomic E-state index is 0.0460. The van der Waals surface area contributed by atoms with E-state index < -0.39 is 0 Å². The number of amidine groups is 1. The van der Waals surface area contributed by atoms with Gasteiger partial charge in [-0.3, -0.25) is 9.79 Å². The summed E-state index contributed by atoms with van der Waals surface area (Å²) in [6, 6.07) is 0. The molecule has 7 heteroatoms. The lowest BCUT2D eigenvalue weighted by Crippen LogP contribution is -2.50. The Bertz CT molecular complexity index is 590. The molecule has 0 saturated carbocycles. The van der Waals surface area contributed by atoms with Crippen LogP contribution in [-0.2, 0) is 6.42 Å². The molecule has 1 fully saturated rings. The second-order valence-corrected chi connectivity index (χ2v) is 7.15. The van der Waals surface area contributed by atoms with Crippen molar-refractivity contribution in [2.45, 2.75) is 32.4 Å². The highest BCUT2D eigenvalue weighted by molar-refractivity contribution is 8.14. The Morgan fingerprint density at radius 1 is 1.36 bits per heavy atom. The number of aryl methyl sites for hydroxylation is 2. The number of rotatable bonds is 2. The van der Waals surface area contributed by atoms with Gasteiger partial charge in [-0.15, -0.1) is 0 Å². The van der Waals surface area contributed by atoms with E-state index in [0.29, 0.717) is 23.0 Å². The standard InChI is InChI=1S/C15H22N4O2S/c1-4-12-13(11(3)21-17-12)14(20)18-5-7-19(8-6-18)15-16-9-10(2)22-15/h10H,4-9H2,1-3H3. The second-order valence-electron chi connectivity index (χ2n) is 5.74. The topological polar surface area (TPSA) is 61.9 Å². The van der Waals surface area contributed by atoms with Crippen LogP contribution >= 0.6 is 11.8 Å². The van der Waals surface area contributed by atoms with Crippen LogP contribution in [0.3, 0.4) is 0 Å². The van der Waals surface area contributed by atoms with Crippen molar-refractivity contribution in [3.63, 3.8) is 0 Å². The Morgan fingerprint density at radius 2 is 2.09 bits per heavy atom. The summed E-state index contributed by atoms with van der Waals surface area (Å²) < 4.78 is 5.18. The number of amides is 1. The predicted octanol–water partition coefficient (Wildman–Crippen LogP) is 1.79. The molecule has 3 heterocycles. The first-order valence-electron chi connectivity index (χ1n) is 7.80. The van der Waals surface area contributed by atoms with Crippen LogP contribution in [0.5, 0.6) is 0 Å². The highest BCUT2D eigenvalue weighted by Gasteiger charge is 2.29. The Labute approximate surface area is 134 Å². The minimum Gasteiger partial charge on any atom is -0.361 e. The fourth-order valence-corrected chi connectivity index (χ4v) is 3.82. The molecule has 3 rings (SSSR count). The third-order valence-electron chi connectivity index (χ3n) is 4.11. The maximum Gasteiger partial charge on any atom is 0.259 e. The highest BCUT2D eigenvalue weighted by Crippen LogP contribution is 2.24. The number of nitrogens with zero attached hydrogens (tertiary/aromatic N) is 4. The summed E-state index contributed by atoms with van der Waals surface area (Å²) in [4.78, 5) is 21.5. The third-order valence-corrected chi connectivity index (χ3v) is 5.26. The van der Waals surface area contributed by atoms with E-state index in [9.17, 15) is 4.79 Å². The molecule has 0 N–H and O–H groups in total. The molecule has 0 aliphatic carbocycles. The maximum absolute atomic E-state index is 12.7. The van der Waals surface area contributed by atoms with Gasteiger partial charge < -0.3 is 14.3 Å². The van der Waals surface area contributed by atoms with E-state index in [1.54, 1.807) is 6.92 Å². The molecule has 22 heavy (non-hydrogen) atoms. The first kappa shape index (κ1) is 15.4. The van der Waals surface area contributed by atoms with Gasteiger partial charge in [0.25, 0.3) is 5.91 Å². The van der Waals surface area contributed by atoms with Crippen LogP contribution in [0.2, 0.25) is 0 Å². The van der Waals surface area contributed by atoms with Crippen LogP contribution in [0.25, 0.3) is 0 Å². The number of aromatic nitrogens is 1. The summed E-state index contributed by atoms with van der Waals surface area (Å²) in [6.45, 7) is 10.0.